The molecule has 1 unspecified atom stereocenters. The van der Waals surface area contributed by atoms with Crippen LogP contribution in [0.3, 0.4) is 0 Å². The Hall–Kier alpha value is -0.590. The zero-order chi connectivity index (χ0) is 6.15. The highest BCUT2D eigenvalue weighted by Crippen LogP contribution is 2.11. The van der Waals surface area contributed by atoms with E-state index in [0.29, 0.717) is 6.04 Å². The van der Waals surface area contributed by atoms with Crippen molar-refractivity contribution in [2.24, 2.45) is 4.99 Å². The van der Waals surface area contributed by atoms with Crippen LogP contribution in [0, 0.1) is 0 Å². The van der Waals surface area contributed by atoms with Gasteiger partial charge >= 0.3 is 0 Å². The molecule has 44 valence electrons. The quantitative estimate of drug-likeness (QED) is 0.449. The molecule has 0 aromatic rings. The minimum atomic E-state index is 0.440. The highest BCUT2D eigenvalue weighted by atomic mass is 14.8. The lowest BCUT2D eigenvalue weighted by molar-refractivity contribution is 0.884. The molecule has 0 fully saturated rings. The van der Waals surface area contributed by atoms with Gasteiger partial charge in [-0.05, 0) is 32.4 Å². The SMILES string of the molecule is CC1=CC(C)=NC1C. The maximum atomic E-state index is 4.29. The molecule has 0 aromatic carbocycles. The molecule has 0 saturated heterocycles. The standard InChI is InChI=1S/C7H11N/c1-5-4-6(2)8-7(5)3/h4,7H,1-3H3. The van der Waals surface area contributed by atoms with Crippen molar-refractivity contribution in [1.29, 1.82) is 0 Å². The zero-order valence-corrected chi connectivity index (χ0v) is 5.60. The van der Waals surface area contributed by atoms with Crippen molar-refractivity contribution >= 4 is 5.71 Å². The fraction of sp³-hybridized carbons (Fsp3) is 0.571. The summed E-state index contributed by atoms with van der Waals surface area (Å²) in [5.41, 5.74) is 2.54. The van der Waals surface area contributed by atoms with Gasteiger partial charge in [-0.15, -0.1) is 0 Å². The molecule has 0 aliphatic carbocycles. The Kier molecular flexibility index (Phi) is 1.20. The molecular formula is C7H11N. The van der Waals surface area contributed by atoms with Crippen LogP contribution in [-0.4, -0.2) is 11.8 Å². The van der Waals surface area contributed by atoms with E-state index in [1.54, 1.807) is 0 Å². The number of aliphatic imine (C=N–C) groups is 1. The molecule has 0 spiro atoms. The predicted octanol–water partition coefficient (Wildman–Crippen LogP) is 1.80. The first-order valence-corrected chi connectivity index (χ1v) is 2.93. The summed E-state index contributed by atoms with van der Waals surface area (Å²) in [4.78, 5) is 4.29. The van der Waals surface area contributed by atoms with E-state index in [-0.39, 0.29) is 0 Å². The van der Waals surface area contributed by atoms with Crippen LogP contribution in [-0.2, 0) is 0 Å². The van der Waals surface area contributed by atoms with Crippen LogP contribution in [0.5, 0.6) is 0 Å². The van der Waals surface area contributed by atoms with Gasteiger partial charge in [-0.25, -0.2) is 0 Å². The smallest absolute Gasteiger partial charge is 0.0685 e. The third-order valence-corrected chi connectivity index (χ3v) is 1.49. The Morgan fingerprint density at radius 3 is 2.25 bits per heavy atom. The lowest BCUT2D eigenvalue weighted by atomic mass is 10.2. The third-order valence-electron chi connectivity index (χ3n) is 1.49. The van der Waals surface area contributed by atoms with E-state index in [1.165, 1.54) is 5.57 Å². The maximum Gasteiger partial charge on any atom is 0.0685 e. The van der Waals surface area contributed by atoms with Crippen LogP contribution >= 0.6 is 0 Å². The van der Waals surface area contributed by atoms with Gasteiger partial charge < -0.3 is 0 Å². The summed E-state index contributed by atoms with van der Waals surface area (Å²) in [7, 11) is 0. The molecule has 1 rings (SSSR count). The average molecular weight is 109 g/mol. The minimum absolute atomic E-state index is 0.440. The predicted molar refractivity (Wildman–Crippen MR) is 36.3 cm³/mol. The minimum Gasteiger partial charge on any atom is -0.283 e. The van der Waals surface area contributed by atoms with E-state index in [0.717, 1.165) is 5.71 Å². The normalized spacial score (nSPS) is 27.6. The highest BCUT2D eigenvalue weighted by Gasteiger charge is 2.07. The summed E-state index contributed by atoms with van der Waals surface area (Å²) in [6.07, 6.45) is 2.13. The fourth-order valence-electron chi connectivity index (χ4n) is 0.895. The van der Waals surface area contributed by atoms with E-state index >= 15 is 0 Å². The maximum absolute atomic E-state index is 4.29. The van der Waals surface area contributed by atoms with Gasteiger partial charge in [-0.1, -0.05) is 0 Å². The van der Waals surface area contributed by atoms with E-state index in [1.807, 2.05) is 6.92 Å². The van der Waals surface area contributed by atoms with E-state index in [4.69, 9.17) is 0 Å². The molecule has 8 heavy (non-hydrogen) atoms. The zero-order valence-electron chi connectivity index (χ0n) is 5.60. The van der Waals surface area contributed by atoms with Gasteiger partial charge in [0.25, 0.3) is 0 Å². The Bertz CT molecular complexity index is 154. The van der Waals surface area contributed by atoms with Crippen molar-refractivity contribution < 1.29 is 0 Å². The van der Waals surface area contributed by atoms with Gasteiger partial charge in [0, 0.05) is 5.71 Å². The summed E-state index contributed by atoms with van der Waals surface area (Å²) in [6.45, 7) is 6.26. The Balaban J connectivity index is 2.78. The summed E-state index contributed by atoms with van der Waals surface area (Å²) in [5.74, 6) is 0. The molecule has 1 nitrogen and oxygen atoms in total. The summed E-state index contributed by atoms with van der Waals surface area (Å²) < 4.78 is 0. The molecule has 0 N–H and O–H groups in total. The second-order valence-corrected chi connectivity index (χ2v) is 2.33. The summed E-state index contributed by atoms with van der Waals surface area (Å²) in [6, 6.07) is 0.440. The van der Waals surface area contributed by atoms with Gasteiger partial charge in [0.2, 0.25) is 0 Å². The van der Waals surface area contributed by atoms with Crippen molar-refractivity contribution in [3.05, 3.63) is 11.6 Å². The first-order valence-electron chi connectivity index (χ1n) is 2.93. The molecule has 1 heterocycles. The van der Waals surface area contributed by atoms with Crippen molar-refractivity contribution in [3.63, 3.8) is 0 Å². The van der Waals surface area contributed by atoms with Crippen LogP contribution in [0.25, 0.3) is 0 Å². The van der Waals surface area contributed by atoms with Gasteiger partial charge in [0.15, 0.2) is 0 Å². The number of allylic oxidation sites excluding steroid dienone is 1. The fourth-order valence-corrected chi connectivity index (χ4v) is 0.895. The van der Waals surface area contributed by atoms with Crippen LogP contribution in [0.4, 0.5) is 0 Å². The Morgan fingerprint density at radius 2 is 2.12 bits per heavy atom. The first kappa shape index (κ1) is 5.54. The van der Waals surface area contributed by atoms with E-state index < -0.39 is 0 Å². The molecule has 1 aliphatic rings. The van der Waals surface area contributed by atoms with Crippen molar-refractivity contribution in [3.8, 4) is 0 Å². The lowest BCUT2D eigenvalue weighted by Gasteiger charge is -1.96. The number of nitrogens with zero attached hydrogens (tertiary/aromatic N) is 1. The molecule has 0 amide bonds. The molecule has 0 radical (unpaired) electrons. The van der Waals surface area contributed by atoms with Gasteiger partial charge in [-0.3, -0.25) is 4.99 Å². The van der Waals surface area contributed by atoms with Gasteiger partial charge in [-0.2, -0.15) is 0 Å². The topological polar surface area (TPSA) is 12.4 Å². The largest absolute Gasteiger partial charge is 0.283 e. The summed E-state index contributed by atoms with van der Waals surface area (Å²) in [5, 5.41) is 0. The summed E-state index contributed by atoms with van der Waals surface area (Å²) >= 11 is 0. The van der Waals surface area contributed by atoms with Crippen LogP contribution in [0.2, 0.25) is 0 Å². The molecule has 0 bridgehead atoms. The third kappa shape index (κ3) is 0.808. The second-order valence-electron chi connectivity index (χ2n) is 2.33. The first-order chi connectivity index (χ1) is 3.70. The van der Waals surface area contributed by atoms with Crippen LogP contribution in [0.15, 0.2) is 16.6 Å². The molecule has 1 heteroatoms. The molecule has 1 aliphatic heterocycles. The van der Waals surface area contributed by atoms with Crippen LogP contribution < -0.4 is 0 Å². The molecule has 1 atom stereocenters. The Morgan fingerprint density at radius 1 is 1.50 bits per heavy atom. The van der Waals surface area contributed by atoms with E-state index in [2.05, 4.69) is 24.9 Å². The van der Waals surface area contributed by atoms with Crippen molar-refractivity contribution in [2.45, 2.75) is 26.8 Å². The molecular weight excluding hydrogens is 98.1 g/mol. The Labute approximate surface area is 50.1 Å². The molecule has 0 saturated carbocycles. The van der Waals surface area contributed by atoms with Crippen molar-refractivity contribution in [2.75, 3.05) is 0 Å². The lowest BCUT2D eigenvalue weighted by Crippen LogP contribution is -1.92. The van der Waals surface area contributed by atoms with Crippen molar-refractivity contribution in [1.82, 2.24) is 0 Å². The highest BCUT2D eigenvalue weighted by molar-refractivity contribution is 5.95. The van der Waals surface area contributed by atoms with Gasteiger partial charge in [0.05, 0.1) is 6.04 Å². The molecule has 0 aromatic heterocycles. The number of rotatable bonds is 0. The van der Waals surface area contributed by atoms with Crippen LogP contribution in [0.1, 0.15) is 20.8 Å². The number of hydrogen-bond donors (Lipinski definition) is 0. The average Bonchev–Trinajstić information content (AvgIpc) is 1.85. The monoisotopic (exact) mass is 109 g/mol. The second kappa shape index (κ2) is 1.73. The van der Waals surface area contributed by atoms with E-state index in [9.17, 15) is 0 Å². The van der Waals surface area contributed by atoms with Gasteiger partial charge in [0.1, 0.15) is 0 Å². The number of hydrogen-bond acceptors (Lipinski definition) is 1.